The lowest BCUT2D eigenvalue weighted by atomic mass is 10.1. The standard InChI is InChI=1S/C16H15FN4O2S/c17-11-3-1-2-4-12(11)21-8-10(7-13(21)22)14(23)18-16-20-19-15(24-16)9-5-6-9/h1-4,9-10H,5-8H2,(H,18,20,23)/t10-/m1/s1. The molecule has 1 aromatic heterocycles. The van der Waals surface area contributed by atoms with Crippen LogP contribution in [0.4, 0.5) is 15.2 Å². The van der Waals surface area contributed by atoms with Crippen LogP contribution in [0.2, 0.25) is 0 Å². The number of carbonyl (C=O) groups excluding carboxylic acids is 2. The number of nitrogens with one attached hydrogen (secondary N) is 1. The average molecular weight is 346 g/mol. The number of halogens is 1. The molecule has 24 heavy (non-hydrogen) atoms. The molecule has 124 valence electrons. The third kappa shape index (κ3) is 2.89. The molecule has 0 bridgehead atoms. The monoisotopic (exact) mass is 346 g/mol. The van der Waals surface area contributed by atoms with Crippen molar-refractivity contribution in [3.05, 3.63) is 35.1 Å². The largest absolute Gasteiger partial charge is 0.309 e. The Labute approximate surface area is 141 Å². The van der Waals surface area contributed by atoms with Crippen molar-refractivity contribution >= 4 is 34.0 Å². The predicted molar refractivity (Wildman–Crippen MR) is 87.4 cm³/mol. The van der Waals surface area contributed by atoms with E-state index < -0.39 is 11.7 Å². The van der Waals surface area contributed by atoms with E-state index in [4.69, 9.17) is 0 Å². The van der Waals surface area contributed by atoms with E-state index in [1.807, 2.05) is 0 Å². The van der Waals surface area contributed by atoms with Crippen LogP contribution < -0.4 is 10.2 Å². The number of amides is 2. The van der Waals surface area contributed by atoms with Crippen molar-refractivity contribution in [2.45, 2.75) is 25.2 Å². The quantitative estimate of drug-likeness (QED) is 0.923. The van der Waals surface area contributed by atoms with Crippen molar-refractivity contribution in [1.29, 1.82) is 0 Å². The fourth-order valence-electron chi connectivity index (χ4n) is 2.77. The zero-order valence-corrected chi connectivity index (χ0v) is 13.6. The van der Waals surface area contributed by atoms with Gasteiger partial charge in [-0.1, -0.05) is 23.5 Å². The fourth-order valence-corrected chi connectivity index (χ4v) is 3.69. The second kappa shape index (κ2) is 5.94. The number of carbonyl (C=O) groups is 2. The predicted octanol–water partition coefficient (Wildman–Crippen LogP) is 2.55. The molecule has 1 aliphatic heterocycles. The van der Waals surface area contributed by atoms with Gasteiger partial charge in [0.1, 0.15) is 10.8 Å². The minimum Gasteiger partial charge on any atom is -0.309 e. The SMILES string of the molecule is O=C(Nc1nnc(C2CC2)s1)[C@@H]1CC(=O)N(c2ccccc2F)C1. The lowest BCUT2D eigenvalue weighted by molar-refractivity contribution is -0.122. The summed E-state index contributed by atoms with van der Waals surface area (Å²) in [6.07, 6.45) is 2.31. The summed E-state index contributed by atoms with van der Waals surface area (Å²) < 4.78 is 13.9. The van der Waals surface area contributed by atoms with Crippen LogP contribution in [0.25, 0.3) is 0 Å². The van der Waals surface area contributed by atoms with E-state index in [2.05, 4.69) is 15.5 Å². The van der Waals surface area contributed by atoms with Gasteiger partial charge in [0, 0.05) is 18.9 Å². The molecule has 2 heterocycles. The molecular weight excluding hydrogens is 331 g/mol. The molecule has 1 N–H and O–H groups in total. The summed E-state index contributed by atoms with van der Waals surface area (Å²) in [5, 5.41) is 12.2. The molecule has 0 spiro atoms. The maximum absolute atomic E-state index is 13.9. The summed E-state index contributed by atoms with van der Waals surface area (Å²) in [5.74, 6) is -1.04. The van der Waals surface area contributed by atoms with Gasteiger partial charge in [0.2, 0.25) is 16.9 Å². The molecule has 1 saturated heterocycles. The molecule has 8 heteroatoms. The summed E-state index contributed by atoms with van der Waals surface area (Å²) in [6.45, 7) is 0.167. The van der Waals surface area contributed by atoms with Crippen LogP contribution >= 0.6 is 11.3 Å². The van der Waals surface area contributed by atoms with Gasteiger partial charge in [0.15, 0.2) is 0 Å². The van der Waals surface area contributed by atoms with E-state index in [0.29, 0.717) is 11.0 Å². The first-order chi connectivity index (χ1) is 11.6. The number of benzene rings is 1. The summed E-state index contributed by atoms with van der Waals surface area (Å²) in [7, 11) is 0. The van der Waals surface area contributed by atoms with Crippen LogP contribution in [-0.4, -0.2) is 28.6 Å². The van der Waals surface area contributed by atoms with Crippen molar-refractivity contribution < 1.29 is 14.0 Å². The van der Waals surface area contributed by atoms with Crippen molar-refractivity contribution in [3.63, 3.8) is 0 Å². The molecule has 0 radical (unpaired) electrons. The van der Waals surface area contributed by atoms with Crippen LogP contribution in [0.3, 0.4) is 0 Å². The molecule has 1 atom stereocenters. The minimum atomic E-state index is -0.523. The smallest absolute Gasteiger partial charge is 0.231 e. The topological polar surface area (TPSA) is 75.2 Å². The maximum Gasteiger partial charge on any atom is 0.231 e. The normalized spacial score (nSPS) is 20.5. The van der Waals surface area contributed by atoms with E-state index in [1.165, 1.54) is 22.3 Å². The highest BCUT2D eigenvalue weighted by molar-refractivity contribution is 7.15. The lowest BCUT2D eigenvalue weighted by Crippen LogP contribution is -2.28. The van der Waals surface area contributed by atoms with Gasteiger partial charge in [0.25, 0.3) is 0 Å². The van der Waals surface area contributed by atoms with Crippen LogP contribution in [0.1, 0.15) is 30.2 Å². The molecule has 2 aliphatic rings. The van der Waals surface area contributed by atoms with Crippen LogP contribution in [0.5, 0.6) is 0 Å². The lowest BCUT2D eigenvalue weighted by Gasteiger charge is -2.17. The summed E-state index contributed by atoms with van der Waals surface area (Å²) >= 11 is 1.38. The summed E-state index contributed by atoms with van der Waals surface area (Å²) in [4.78, 5) is 25.9. The van der Waals surface area contributed by atoms with Gasteiger partial charge in [-0.25, -0.2) is 4.39 Å². The number of hydrogen-bond acceptors (Lipinski definition) is 5. The zero-order valence-electron chi connectivity index (χ0n) is 12.7. The Hall–Kier alpha value is -2.35. The molecule has 0 unspecified atom stereocenters. The van der Waals surface area contributed by atoms with Crippen LogP contribution in [0, 0.1) is 11.7 Å². The third-order valence-corrected chi connectivity index (χ3v) is 5.24. The highest BCUT2D eigenvalue weighted by Crippen LogP contribution is 2.42. The van der Waals surface area contributed by atoms with Gasteiger partial charge >= 0.3 is 0 Å². The minimum absolute atomic E-state index is 0.0639. The number of nitrogens with zero attached hydrogens (tertiary/aromatic N) is 3. The summed E-state index contributed by atoms with van der Waals surface area (Å²) in [5.41, 5.74) is 0.213. The number of aromatic nitrogens is 2. The zero-order chi connectivity index (χ0) is 16.7. The number of para-hydroxylation sites is 1. The molecule has 6 nitrogen and oxygen atoms in total. The Morgan fingerprint density at radius 2 is 2.08 bits per heavy atom. The summed E-state index contributed by atoms with van der Waals surface area (Å²) in [6, 6.07) is 6.08. The highest BCUT2D eigenvalue weighted by Gasteiger charge is 2.36. The van der Waals surface area contributed by atoms with E-state index >= 15 is 0 Å². The molecule has 1 saturated carbocycles. The van der Waals surface area contributed by atoms with Crippen molar-refractivity contribution in [2.75, 3.05) is 16.8 Å². The van der Waals surface area contributed by atoms with Gasteiger partial charge in [-0.2, -0.15) is 0 Å². The number of rotatable bonds is 4. The Balaban J connectivity index is 1.44. The second-order valence-corrected chi connectivity index (χ2v) is 7.07. The van der Waals surface area contributed by atoms with E-state index in [9.17, 15) is 14.0 Å². The van der Waals surface area contributed by atoms with Gasteiger partial charge in [0.05, 0.1) is 11.6 Å². The number of hydrogen-bond donors (Lipinski definition) is 1. The van der Waals surface area contributed by atoms with E-state index in [1.54, 1.807) is 18.2 Å². The maximum atomic E-state index is 13.9. The van der Waals surface area contributed by atoms with Gasteiger partial charge in [-0.15, -0.1) is 10.2 Å². The molecule has 2 aromatic rings. The third-order valence-electron chi connectivity index (χ3n) is 4.24. The van der Waals surface area contributed by atoms with Crippen molar-refractivity contribution in [1.82, 2.24) is 10.2 Å². The van der Waals surface area contributed by atoms with Crippen LogP contribution in [0.15, 0.2) is 24.3 Å². The second-order valence-electron chi connectivity index (χ2n) is 6.07. The van der Waals surface area contributed by atoms with E-state index in [0.717, 1.165) is 17.8 Å². The first-order valence-corrected chi connectivity index (χ1v) is 8.62. The molecular formula is C16H15FN4O2S. The Bertz CT molecular complexity index is 805. The highest BCUT2D eigenvalue weighted by atomic mass is 32.1. The molecule has 1 aromatic carbocycles. The van der Waals surface area contributed by atoms with Crippen molar-refractivity contribution in [2.24, 2.45) is 5.92 Å². The Morgan fingerprint density at radius 3 is 2.83 bits per heavy atom. The molecule has 2 amide bonds. The van der Waals surface area contributed by atoms with Gasteiger partial charge < -0.3 is 10.2 Å². The molecule has 2 fully saturated rings. The van der Waals surface area contributed by atoms with E-state index in [-0.39, 0.29) is 30.5 Å². The Kier molecular flexibility index (Phi) is 3.76. The molecule has 1 aliphatic carbocycles. The Morgan fingerprint density at radius 1 is 1.29 bits per heavy atom. The van der Waals surface area contributed by atoms with Gasteiger partial charge in [-0.3, -0.25) is 9.59 Å². The van der Waals surface area contributed by atoms with Crippen LogP contribution in [-0.2, 0) is 9.59 Å². The van der Waals surface area contributed by atoms with Gasteiger partial charge in [-0.05, 0) is 25.0 Å². The first-order valence-electron chi connectivity index (χ1n) is 7.81. The molecule has 4 rings (SSSR count). The first kappa shape index (κ1) is 15.2. The average Bonchev–Trinajstić information content (AvgIpc) is 3.19. The fraction of sp³-hybridized carbons (Fsp3) is 0.375. The van der Waals surface area contributed by atoms with Crippen molar-refractivity contribution in [3.8, 4) is 0 Å². The number of anilines is 2.